The van der Waals surface area contributed by atoms with Gasteiger partial charge in [-0.05, 0) is 71.4 Å². The molecular weight excluding hydrogens is 396 g/mol. The summed E-state index contributed by atoms with van der Waals surface area (Å²) in [7, 11) is 0. The van der Waals surface area contributed by atoms with Gasteiger partial charge in [0.25, 0.3) is 0 Å². The molecule has 0 unspecified atom stereocenters. The Balaban J connectivity index is 1.72. The third-order valence-electron chi connectivity index (χ3n) is 5.24. The second kappa shape index (κ2) is 8.14. The second-order valence-corrected chi connectivity index (χ2v) is 7.22. The van der Waals surface area contributed by atoms with Gasteiger partial charge in [0.2, 0.25) is 0 Å². The summed E-state index contributed by atoms with van der Waals surface area (Å²) in [5.41, 5.74) is 0.718. The molecule has 150 valence electrons. The standard InChI is InChI=1S/C28H16N2O2/c29-17-27-23-13-11-21(31-19-7-3-1-4-8-19)15-25(23)26-16-22(12-14-24(26)28(27)18-30)32-20-9-5-2-6-10-20/h1-16H. The summed E-state index contributed by atoms with van der Waals surface area (Å²) >= 11 is 0. The highest BCUT2D eigenvalue weighted by atomic mass is 16.5. The lowest BCUT2D eigenvalue weighted by atomic mass is 9.92. The summed E-state index contributed by atoms with van der Waals surface area (Å²) < 4.78 is 12.0. The molecule has 0 aliphatic carbocycles. The molecule has 0 amide bonds. The summed E-state index contributed by atoms with van der Waals surface area (Å²) in [5.74, 6) is 2.73. The van der Waals surface area contributed by atoms with E-state index in [1.165, 1.54) is 0 Å². The lowest BCUT2D eigenvalue weighted by Crippen LogP contribution is -1.93. The number of ether oxygens (including phenoxy) is 2. The number of hydrogen-bond acceptors (Lipinski definition) is 4. The van der Waals surface area contributed by atoms with Crippen molar-refractivity contribution in [3.8, 4) is 35.1 Å². The lowest BCUT2D eigenvalue weighted by molar-refractivity contribution is 0.483. The van der Waals surface area contributed by atoms with E-state index in [-0.39, 0.29) is 0 Å². The molecule has 4 heteroatoms. The van der Waals surface area contributed by atoms with E-state index in [2.05, 4.69) is 12.1 Å². The smallest absolute Gasteiger partial charge is 0.128 e. The number of para-hydroxylation sites is 2. The summed E-state index contributed by atoms with van der Waals surface area (Å²) in [4.78, 5) is 0. The fourth-order valence-corrected chi connectivity index (χ4v) is 3.81. The van der Waals surface area contributed by atoms with Gasteiger partial charge in [0, 0.05) is 10.8 Å². The van der Waals surface area contributed by atoms with Crippen LogP contribution >= 0.6 is 0 Å². The highest BCUT2D eigenvalue weighted by molar-refractivity contribution is 6.13. The molecular formula is C28H16N2O2. The first-order valence-corrected chi connectivity index (χ1v) is 10.1. The molecule has 5 aromatic rings. The van der Waals surface area contributed by atoms with E-state index < -0.39 is 0 Å². The highest BCUT2D eigenvalue weighted by Crippen LogP contribution is 2.37. The molecule has 0 aliphatic heterocycles. The molecule has 0 heterocycles. The third kappa shape index (κ3) is 3.47. The van der Waals surface area contributed by atoms with Crippen LogP contribution in [-0.4, -0.2) is 0 Å². The van der Waals surface area contributed by atoms with Gasteiger partial charge in [-0.2, -0.15) is 10.5 Å². The maximum Gasteiger partial charge on any atom is 0.128 e. The van der Waals surface area contributed by atoms with Crippen molar-refractivity contribution >= 4 is 21.5 Å². The minimum atomic E-state index is 0.359. The second-order valence-electron chi connectivity index (χ2n) is 7.22. The van der Waals surface area contributed by atoms with Crippen LogP contribution in [0.3, 0.4) is 0 Å². The molecule has 0 saturated heterocycles. The van der Waals surface area contributed by atoms with E-state index in [1.807, 2.05) is 97.1 Å². The lowest BCUT2D eigenvalue weighted by Gasteiger charge is -2.13. The minimum Gasteiger partial charge on any atom is -0.457 e. The SMILES string of the molecule is N#Cc1c(C#N)c2ccc(Oc3ccccc3)cc2c2cc(Oc3ccccc3)ccc12. The van der Waals surface area contributed by atoms with Gasteiger partial charge in [-0.15, -0.1) is 0 Å². The summed E-state index contributed by atoms with van der Waals surface area (Å²) in [5, 5.41) is 22.7. The molecule has 4 nitrogen and oxygen atoms in total. The van der Waals surface area contributed by atoms with Crippen LogP contribution in [0.4, 0.5) is 0 Å². The van der Waals surface area contributed by atoms with Gasteiger partial charge in [0.1, 0.15) is 35.1 Å². The zero-order valence-electron chi connectivity index (χ0n) is 16.9. The van der Waals surface area contributed by atoms with Crippen LogP contribution < -0.4 is 9.47 Å². The third-order valence-corrected chi connectivity index (χ3v) is 5.24. The Morgan fingerprint density at radius 2 is 0.844 bits per heavy atom. The molecule has 5 rings (SSSR count). The van der Waals surface area contributed by atoms with Crippen LogP contribution in [-0.2, 0) is 0 Å². The molecule has 0 fully saturated rings. The maximum absolute atomic E-state index is 9.80. The van der Waals surface area contributed by atoms with Crippen molar-refractivity contribution in [3.05, 3.63) is 108 Å². The Kier molecular flexibility index (Phi) is 4.88. The topological polar surface area (TPSA) is 66.0 Å². The Morgan fingerprint density at radius 1 is 0.438 bits per heavy atom. The minimum absolute atomic E-state index is 0.359. The molecule has 0 N–H and O–H groups in total. The van der Waals surface area contributed by atoms with Gasteiger partial charge in [0.05, 0.1) is 11.1 Å². The number of hydrogen-bond donors (Lipinski definition) is 0. The van der Waals surface area contributed by atoms with E-state index in [1.54, 1.807) is 0 Å². The Morgan fingerprint density at radius 3 is 1.22 bits per heavy atom. The normalized spacial score (nSPS) is 10.4. The molecule has 0 spiro atoms. The summed E-state index contributed by atoms with van der Waals surface area (Å²) in [6.45, 7) is 0. The van der Waals surface area contributed by atoms with Gasteiger partial charge in [-0.25, -0.2) is 0 Å². The number of fused-ring (bicyclic) bond motifs is 3. The van der Waals surface area contributed by atoms with Crippen molar-refractivity contribution in [2.24, 2.45) is 0 Å². The molecule has 0 aromatic heterocycles. The Hall–Kier alpha value is -4.80. The summed E-state index contributed by atoms with van der Waals surface area (Å²) in [6, 6.07) is 34.5. The average Bonchev–Trinajstić information content (AvgIpc) is 2.84. The van der Waals surface area contributed by atoms with Crippen molar-refractivity contribution < 1.29 is 9.47 Å². The maximum atomic E-state index is 9.80. The highest BCUT2D eigenvalue weighted by Gasteiger charge is 2.16. The molecule has 0 atom stereocenters. The van der Waals surface area contributed by atoms with Crippen molar-refractivity contribution in [2.45, 2.75) is 0 Å². The zero-order valence-corrected chi connectivity index (χ0v) is 16.9. The number of nitrogens with zero attached hydrogens (tertiary/aromatic N) is 2. The molecule has 0 radical (unpaired) electrons. The summed E-state index contributed by atoms with van der Waals surface area (Å²) in [6.07, 6.45) is 0. The first kappa shape index (κ1) is 19.2. The van der Waals surface area contributed by atoms with Crippen LogP contribution in [0.2, 0.25) is 0 Å². The number of benzene rings is 5. The molecule has 0 saturated carbocycles. The van der Waals surface area contributed by atoms with Crippen LogP contribution in [0.1, 0.15) is 11.1 Å². The fraction of sp³-hybridized carbons (Fsp3) is 0. The molecule has 0 aliphatic rings. The van der Waals surface area contributed by atoms with E-state index in [0.29, 0.717) is 33.4 Å². The van der Waals surface area contributed by atoms with Gasteiger partial charge in [-0.3, -0.25) is 0 Å². The predicted molar refractivity (Wildman–Crippen MR) is 124 cm³/mol. The van der Waals surface area contributed by atoms with Gasteiger partial charge >= 0.3 is 0 Å². The fourth-order valence-electron chi connectivity index (χ4n) is 3.81. The molecule has 0 bridgehead atoms. The Labute approximate surface area is 185 Å². The Bertz CT molecular complexity index is 1410. The van der Waals surface area contributed by atoms with Gasteiger partial charge in [-0.1, -0.05) is 36.4 Å². The van der Waals surface area contributed by atoms with Crippen molar-refractivity contribution in [2.75, 3.05) is 0 Å². The number of rotatable bonds is 4. The monoisotopic (exact) mass is 412 g/mol. The average molecular weight is 412 g/mol. The van der Waals surface area contributed by atoms with Gasteiger partial charge < -0.3 is 9.47 Å². The van der Waals surface area contributed by atoms with E-state index >= 15 is 0 Å². The quantitative estimate of drug-likeness (QED) is 0.290. The molecule has 32 heavy (non-hydrogen) atoms. The van der Waals surface area contributed by atoms with Crippen molar-refractivity contribution in [1.82, 2.24) is 0 Å². The molecule has 5 aromatic carbocycles. The van der Waals surface area contributed by atoms with Crippen LogP contribution in [0.15, 0.2) is 97.1 Å². The first-order valence-electron chi connectivity index (χ1n) is 10.1. The van der Waals surface area contributed by atoms with Crippen LogP contribution in [0, 0.1) is 22.7 Å². The van der Waals surface area contributed by atoms with Gasteiger partial charge in [0.15, 0.2) is 0 Å². The predicted octanol–water partition coefficient (Wildman–Crippen LogP) is 7.32. The zero-order chi connectivity index (χ0) is 21.9. The van der Waals surface area contributed by atoms with Crippen LogP contribution in [0.5, 0.6) is 23.0 Å². The first-order chi connectivity index (χ1) is 15.8. The van der Waals surface area contributed by atoms with Crippen molar-refractivity contribution in [1.29, 1.82) is 10.5 Å². The largest absolute Gasteiger partial charge is 0.457 e. The number of nitriles is 2. The van der Waals surface area contributed by atoms with Crippen molar-refractivity contribution in [3.63, 3.8) is 0 Å². The van der Waals surface area contributed by atoms with E-state index in [0.717, 1.165) is 22.3 Å². The van der Waals surface area contributed by atoms with E-state index in [9.17, 15) is 10.5 Å². The van der Waals surface area contributed by atoms with Crippen LogP contribution in [0.25, 0.3) is 21.5 Å². The van der Waals surface area contributed by atoms with E-state index in [4.69, 9.17) is 9.47 Å².